The molecule has 31 heavy (non-hydrogen) atoms. The molecule has 3 heterocycles. The number of aromatic nitrogens is 4. The summed E-state index contributed by atoms with van der Waals surface area (Å²) in [5.74, 6) is 0.645. The van der Waals surface area contributed by atoms with Gasteiger partial charge >= 0.3 is 6.09 Å². The first kappa shape index (κ1) is 19.7. The second-order valence-corrected chi connectivity index (χ2v) is 8.22. The Bertz CT molecular complexity index is 1130. The summed E-state index contributed by atoms with van der Waals surface area (Å²) >= 11 is 6.10. The number of amides is 1. The molecule has 10 heteroatoms. The predicted octanol–water partition coefficient (Wildman–Crippen LogP) is 4.10. The number of hydrogen-bond acceptors (Lipinski definition) is 6. The van der Waals surface area contributed by atoms with Crippen molar-refractivity contribution in [3.63, 3.8) is 0 Å². The highest BCUT2D eigenvalue weighted by Gasteiger charge is 2.47. The molecule has 1 saturated heterocycles. The van der Waals surface area contributed by atoms with Crippen LogP contribution >= 0.6 is 11.6 Å². The molecule has 1 N–H and O–H groups in total. The van der Waals surface area contributed by atoms with Gasteiger partial charge in [0.25, 0.3) is 0 Å². The number of hydrogen-bond donors (Lipinski definition) is 1. The monoisotopic (exact) mass is 442 g/mol. The lowest BCUT2D eigenvalue weighted by molar-refractivity contribution is 0.174. The molecule has 160 valence electrons. The number of nitrogens with one attached hydrogen (secondary N) is 1. The number of cyclic esters (lactones) is 1. The predicted molar refractivity (Wildman–Crippen MR) is 113 cm³/mol. The van der Waals surface area contributed by atoms with Gasteiger partial charge in [-0.15, -0.1) is 0 Å². The number of alkyl halides is 1. The third-order valence-electron chi connectivity index (χ3n) is 5.60. The average molecular weight is 443 g/mol. The second kappa shape index (κ2) is 7.49. The quantitative estimate of drug-likeness (QED) is 0.618. The van der Waals surface area contributed by atoms with Crippen LogP contribution < -0.4 is 10.2 Å². The minimum atomic E-state index is -1.25. The largest absolute Gasteiger partial charge is 0.447 e. The Balaban J connectivity index is 1.38. The second-order valence-electron chi connectivity index (χ2n) is 7.78. The van der Waals surface area contributed by atoms with E-state index in [1.807, 2.05) is 35.0 Å². The van der Waals surface area contributed by atoms with Crippen LogP contribution in [-0.2, 0) is 10.3 Å². The van der Waals surface area contributed by atoms with Crippen LogP contribution in [0.15, 0.2) is 49.1 Å². The van der Waals surface area contributed by atoms with Crippen molar-refractivity contribution in [1.29, 1.82) is 0 Å². The summed E-state index contributed by atoms with van der Waals surface area (Å²) < 4.78 is 20.9. The van der Waals surface area contributed by atoms with E-state index in [1.165, 1.54) is 18.0 Å². The van der Waals surface area contributed by atoms with E-state index in [-0.39, 0.29) is 12.1 Å². The summed E-state index contributed by atoms with van der Waals surface area (Å²) in [6, 6.07) is 8.38. The zero-order valence-corrected chi connectivity index (χ0v) is 17.5. The van der Waals surface area contributed by atoms with Gasteiger partial charge in [0.15, 0.2) is 0 Å². The van der Waals surface area contributed by atoms with Crippen molar-refractivity contribution in [2.45, 2.75) is 37.5 Å². The van der Waals surface area contributed by atoms with Crippen LogP contribution in [0.1, 0.15) is 25.5 Å². The lowest BCUT2D eigenvalue weighted by atomic mass is 10.2. The van der Waals surface area contributed by atoms with Gasteiger partial charge in [-0.25, -0.2) is 19.2 Å². The number of ether oxygens (including phenoxy) is 1. The molecule has 8 nitrogen and oxygen atoms in total. The van der Waals surface area contributed by atoms with Crippen molar-refractivity contribution in [1.82, 2.24) is 19.5 Å². The summed E-state index contributed by atoms with van der Waals surface area (Å²) in [4.78, 5) is 26.7. The summed E-state index contributed by atoms with van der Waals surface area (Å²) in [5.41, 5.74) is 1.39. The number of rotatable bonds is 6. The molecule has 2 fully saturated rings. The molecule has 1 saturated carbocycles. The maximum Gasteiger partial charge on any atom is 0.416 e. The number of carbonyl (C=O) groups is 1. The van der Waals surface area contributed by atoms with Crippen molar-refractivity contribution < 1.29 is 13.9 Å². The average Bonchev–Trinajstić information content (AvgIpc) is 3.18. The highest BCUT2D eigenvalue weighted by molar-refractivity contribution is 6.30. The standard InChI is InChI=1S/C21H20ClFN6O2/c1-13(23)16-11-31-20(30)29(16)18-5-8-24-19(26-18)27-21(6-7-21)17-10-28(12-25-17)15-4-2-3-14(22)9-15/h2-5,8-10,12-13,16H,6-7,11H2,1H3,(H,24,26,27)/t13-,16+/m0/s1. The Morgan fingerprint density at radius 3 is 2.90 bits per heavy atom. The molecule has 0 bridgehead atoms. The normalized spacial score (nSPS) is 20.4. The van der Waals surface area contributed by atoms with E-state index in [4.69, 9.17) is 16.3 Å². The molecule has 0 unspecified atom stereocenters. The molecule has 1 aliphatic heterocycles. The Labute approximate surface area is 183 Å². The van der Waals surface area contributed by atoms with Crippen LogP contribution in [0.5, 0.6) is 0 Å². The van der Waals surface area contributed by atoms with E-state index in [0.29, 0.717) is 16.8 Å². The zero-order valence-electron chi connectivity index (χ0n) is 16.7. The maximum atomic E-state index is 13.9. The van der Waals surface area contributed by atoms with Crippen LogP contribution in [0.3, 0.4) is 0 Å². The lowest BCUT2D eigenvalue weighted by Gasteiger charge is -2.22. The minimum Gasteiger partial charge on any atom is -0.447 e. The van der Waals surface area contributed by atoms with E-state index in [0.717, 1.165) is 24.2 Å². The third-order valence-corrected chi connectivity index (χ3v) is 5.84. The maximum absolute atomic E-state index is 13.9. The lowest BCUT2D eigenvalue weighted by Crippen LogP contribution is -2.39. The van der Waals surface area contributed by atoms with Gasteiger partial charge in [0.05, 0.1) is 17.6 Å². The van der Waals surface area contributed by atoms with E-state index >= 15 is 0 Å². The number of benzene rings is 1. The Hall–Kier alpha value is -3.20. The van der Waals surface area contributed by atoms with Gasteiger partial charge in [0.1, 0.15) is 24.6 Å². The molecule has 1 aromatic carbocycles. The van der Waals surface area contributed by atoms with Gasteiger partial charge in [-0.1, -0.05) is 17.7 Å². The fourth-order valence-electron chi connectivity index (χ4n) is 3.71. The molecule has 0 spiro atoms. The molecule has 2 aromatic heterocycles. The van der Waals surface area contributed by atoms with Gasteiger partial charge in [0, 0.05) is 23.1 Å². The zero-order chi connectivity index (χ0) is 21.6. The fraction of sp³-hybridized carbons (Fsp3) is 0.333. The van der Waals surface area contributed by atoms with Crippen molar-refractivity contribution in [2.24, 2.45) is 0 Å². The van der Waals surface area contributed by atoms with E-state index in [9.17, 15) is 9.18 Å². The summed E-state index contributed by atoms with van der Waals surface area (Å²) in [6.07, 6.45) is 5.11. The van der Waals surface area contributed by atoms with Crippen molar-refractivity contribution in [2.75, 3.05) is 16.8 Å². The van der Waals surface area contributed by atoms with Crippen molar-refractivity contribution in [3.05, 3.63) is 59.8 Å². The van der Waals surface area contributed by atoms with Crippen molar-refractivity contribution >= 4 is 29.5 Å². The molecule has 5 rings (SSSR count). The van der Waals surface area contributed by atoms with Gasteiger partial charge in [-0.05, 0) is 44.0 Å². The number of anilines is 2. The molecule has 1 amide bonds. The smallest absolute Gasteiger partial charge is 0.416 e. The molecular formula is C21H20ClFN6O2. The number of nitrogens with zero attached hydrogens (tertiary/aromatic N) is 5. The summed E-state index contributed by atoms with van der Waals surface area (Å²) in [7, 11) is 0. The van der Waals surface area contributed by atoms with Crippen LogP contribution in [0.4, 0.5) is 21.0 Å². The minimum absolute atomic E-state index is 0.00581. The Morgan fingerprint density at radius 1 is 1.32 bits per heavy atom. The van der Waals surface area contributed by atoms with Gasteiger partial charge in [-0.2, -0.15) is 4.98 Å². The van der Waals surface area contributed by atoms with Gasteiger partial charge in [0.2, 0.25) is 5.95 Å². The first-order chi connectivity index (χ1) is 14.9. The molecule has 2 aliphatic rings. The Morgan fingerprint density at radius 2 is 2.16 bits per heavy atom. The molecule has 3 aromatic rings. The summed E-state index contributed by atoms with van der Waals surface area (Å²) in [6.45, 7) is 1.39. The first-order valence-corrected chi connectivity index (χ1v) is 10.3. The highest BCUT2D eigenvalue weighted by atomic mass is 35.5. The van der Waals surface area contributed by atoms with Crippen LogP contribution in [0.2, 0.25) is 5.02 Å². The number of imidazole rings is 1. The van der Waals surface area contributed by atoms with E-state index < -0.39 is 18.3 Å². The molecule has 0 radical (unpaired) electrons. The SMILES string of the molecule is C[C@H](F)[C@H]1COC(=O)N1c1ccnc(NC2(c3cn(-c4cccc(Cl)c4)cn3)CC2)n1. The van der Waals surface area contributed by atoms with Crippen LogP contribution in [0, 0.1) is 0 Å². The molecule has 2 atom stereocenters. The van der Waals surface area contributed by atoms with E-state index in [2.05, 4.69) is 20.3 Å². The fourth-order valence-corrected chi connectivity index (χ4v) is 3.90. The summed E-state index contributed by atoms with van der Waals surface area (Å²) in [5, 5.41) is 4.00. The van der Waals surface area contributed by atoms with E-state index in [1.54, 1.807) is 12.4 Å². The number of halogens is 2. The van der Waals surface area contributed by atoms with Gasteiger partial charge in [-0.3, -0.25) is 4.90 Å². The highest BCUT2D eigenvalue weighted by Crippen LogP contribution is 2.47. The molecular weight excluding hydrogens is 423 g/mol. The van der Waals surface area contributed by atoms with Crippen LogP contribution in [-0.4, -0.2) is 44.4 Å². The Kier molecular flexibility index (Phi) is 4.77. The van der Waals surface area contributed by atoms with Gasteiger partial charge < -0.3 is 14.6 Å². The van der Waals surface area contributed by atoms with Crippen LogP contribution in [0.25, 0.3) is 5.69 Å². The first-order valence-electron chi connectivity index (χ1n) is 9.97. The third kappa shape index (κ3) is 3.69. The van der Waals surface area contributed by atoms with Crippen molar-refractivity contribution in [3.8, 4) is 5.69 Å². The topological polar surface area (TPSA) is 85.2 Å². The molecule has 1 aliphatic carbocycles. The number of carbonyl (C=O) groups excluding carboxylic acids is 1.